The first-order valence-corrected chi connectivity index (χ1v) is 5.28. The molecule has 0 amide bonds. The highest BCUT2D eigenvalue weighted by Crippen LogP contribution is 2.20. The van der Waals surface area contributed by atoms with Crippen LogP contribution in [-0.2, 0) is 9.47 Å². The van der Waals surface area contributed by atoms with Crippen LogP contribution >= 0.6 is 0 Å². The third-order valence-electron chi connectivity index (χ3n) is 2.67. The monoisotopic (exact) mass is 195 g/mol. The molecule has 3 nitrogen and oxygen atoms in total. The third kappa shape index (κ3) is 2.16. The van der Waals surface area contributed by atoms with Crippen LogP contribution in [0.4, 0.5) is 0 Å². The number of likely N-dealkylation sites (tertiary alicyclic amines) is 1. The third-order valence-corrected chi connectivity index (χ3v) is 2.67. The Morgan fingerprint density at radius 2 is 2.43 bits per heavy atom. The SMILES string of the molecule is CCN1CCCC1OC1C=CC=CO1. The molecule has 0 aliphatic carbocycles. The Balaban J connectivity index is 1.84. The van der Waals surface area contributed by atoms with Crippen molar-refractivity contribution in [1.29, 1.82) is 0 Å². The second-order valence-electron chi connectivity index (χ2n) is 3.58. The molecule has 2 rings (SSSR count). The molecule has 0 N–H and O–H groups in total. The molecule has 2 atom stereocenters. The summed E-state index contributed by atoms with van der Waals surface area (Å²) in [6, 6.07) is 0. The molecule has 1 saturated heterocycles. The largest absolute Gasteiger partial charge is 0.469 e. The summed E-state index contributed by atoms with van der Waals surface area (Å²) in [6.07, 6.45) is 9.82. The molecule has 0 aromatic heterocycles. The van der Waals surface area contributed by atoms with Crippen LogP contribution in [0.1, 0.15) is 19.8 Å². The second kappa shape index (κ2) is 4.62. The lowest BCUT2D eigenvalue weighted by atomic mass is 10.3. The van der Waals surface area contributed by atoms with Gasteiger partial charge in [-0.2, -0.15) is 0 Å². The molecule has 0 saturated carbocycles. The number of ether oxygens (including phenoxy) is 2. The lowest BCUT2D eigenvalue weighted by molar-refractivity contribution is -0.150. The molecule has 2 heterocycles. The number of nitrogens with zero attached hydrogens (tertiary/aromatic N) is 1. The first-order valence-electron chi connectivity index (χ1n) is 5.28. The maximum atomic E-state index is 5.82. The molecule has 0 aromatic carbocycles. The van der Waals surface area contributed by atoms with Crippen molar-refractivity contribution in [1.82, 2.24) is 4.90 Å². The molecule has 3 heteroatoms. The van der Waals surface area contributed by atoms with Crippen molar-refractivity contribution >= 4 is 0 Å². The molecular weight excluding hydrogens is 178 g/mol. The van der Waals surface area contributed by atoms with Crippen molar-refractivity contribution in [2.45, 2.75) is 32.3 Å². The van der Waals surface area contributed by atoms with Crippen molar-refractivity contribution in [2.24, 2.45) is 0 Å². The number of hydrogen-bond acceptors (Lipinski definition) is 3. The van der Waals surface area contributed by atoms with E-state index in [1.54, 1.807) is 6.26 Å². The summed E-state index contributed by atoms with van der Waals surface area (Å²) in [5.74, 6) is 0. The summed E-state index contributed by atoms with van der Waals surface area (Å²) < 4.78 is 11.1. The van der Waals surface area contributed by atoms with Gasteiger partial charge in [0.1, 0.15) is 6.23 Å². The van der Waals surface area contributed by atoms with Gasteiger partial charge in [-0.25, -0.2) is 0 Å². The smallest absolute Gasteiger partial charge is 0.220 e. The maximum Gasteiger partial charge on any atom is 0.220 e. The summed E-state index contributed by atoms with van der Waals surface area (Å²) in [7, 11) is 0. The quantitative estimate of drug-likeness (QED) is 0.686. The highest BCUT2D eigenvalue weighted by molar-refractivity contribution is 5.05. The zero-order chi connectivity index (χ0) is 9.80. The van der Waals surface area contributed by atoms with Gasteiger partial charge in [-0.05, 0) is 31.5 Å². The average molecular weight is 195 g/mol. The number of allylic oxidation sites excluding steroid dienone is 2. The van der Waals surface area contributed by atoms with Gasteiger partial charge in [-0.15, -0.1) is 0 Å². The highest BCUT2D eigenvalue weighted by atomic mass is 16.7. The van der Waals surface area contributed by atoms with Crippen LogP contribution in [0.2, 0.25) is 0 Å². The highest BCUT2D eigenvalue weighted by Gasteiger charge is 2.26. The van der Waals surface area contributed by atoms with E-state index in [4.69, 9.17) is 9.47 Å². The van der Waals surface area contributed by atoms with Gasteiger partial charge in [0.25, 0.3) is 0 Å². The lowest BCUT2D eigenvalue weighted by Crippen LogP contribution is -2.34. The summed E-state index contributed by atoms with van der Waals surface area (Å²) in [4.78, 5) is 2.34. The van der Waals surface area contributed by atoms with E-state index in [0.717, 1.165) is 19.5 Å². The van der Waals surface area contributed by atoms with E-state index >= 15 is 0 Å². The van der Waals surface area contributed by atoms with Crippen molar-refractivity contribution in [2.75, 3.05) is 13.1 Å². The molecule has 2 aliphatic heterocycles. The summed E-state index contributed by atoms with van der Waals surface area (Å²) >= 11 is 0. The van der Waals surface area contributed by atoms with Crippen LogP contribution in [-0.4, -0.2) is 30.5 Å². The fourth-order valence-corrected chi connectivity index (χ4v) is 1.91. The second-order valence-corrected chi connectivity index (χ2v) is 3.58. The Bertz CT molecular complexity index is 237. The van der Waals surface area contributed by atoms with Crippen LogP contribution in [0.3, 0.4) is 0 Å². The molecule has 0 aromatic rings. The minimum absolute atomic E-state index is 0.197. The van der Waals surface area contributed by atoms with Gasteiger partial charge in [0, 0.05) is 6.54 Å². The average Bonchev–Trinajstić information content (AvgIpc) is 2.67. The van der Waals surface area contributed by atoms with E-state index < -0.39 is 0 Å². The molecule has 14 heavy (non-hydrogen) atoms. The molecule has 2 aliphatic rings. The summed E-state index contributed by atoms with van der Waals surface area (Å²) in [5, 5.41) is 0. The van der Waals surface area contributed by atoms with Gasteiger partial charge >= 0.3 is 0 Å². The lowest BCUT2D eigenvalue weighted by Gasteiger charge is -2.26. The molecule has 0 spiro atoms. The fraction of sp³-hybridized carbons (Fsp3) is 0.636. The van der Waals surface area contributed by atoms with E-state index in [1.807, 2.05) is 18.2 Å². The van der Waals surface area contributed by atoms with Crippen LogP contribution in [0.15, 0.2) is 24.5 Å². The van der Waals surface area contributed by atoms with Crippen molar-refractivity contribution < 1.29 is 9.47 Å². The predicted molar refractivity (Wildman–Crippen MR) is 54.5 cm³/mol. The van der Waals surface area contributed by atoms with Gasteiger partial charge in [0.2, 0.25) is 6.29 Å². The molecule has 2 unspecified atom stereocenters. The minimum Gasteiger partial charge on any atom is -0.469 e. The van der Waals surface area contributed by atoms with E-state index in [2.05, 4.69) is 11.8 Å². The standard InChI is InChI=1S/C11H17NO2/c1-2-12-8-5-6-10(12)14-11-7-3-4-9-13-11/h3-4,7,9-11H,2,5-6,8H2,1H3. The van der Waals surface area contributed by atoms with Gasteiger partial charge in [0.15, 0.2) is 0 Å². The van der Waals surface area contributed by atoms with Gasteiger partial charge < -0.3 is 9.47 Å². The molecule has 0 radical (unpaired) electrons. The molecule has 78 valence electrons. The van der Waals surface area contributed by atoms with Crippen LogP contribution in [0.25, 0.3) is 0 Å². The first kappa shape index (κ1) is 9.74. The Hall–Kier alpha value is -0.800. The van der Waals surface area contributed by atoms with E-state index in [-0.39, 0.29) is 12.5 Å². The van der Waals surface area contributed by atoms with Gasteiger partial charge in [-0.3, -0.25) is 4.90 Å². The van der Waals surface area contributed by atoms with Gasteiger partial charge in [0.05, 0.1) is 6.26 Å². The Morgan fingerprint density at radius 3 is 3.14 bits per heavy atom. The van der Waals surface area contributed by atoms with Crippen LogP contribution in [0.5, 0.6) is 0 Å². The van der Waals surface area contributed by atoms with Crippen LogP contribution in [0, 0.1) is 0 Å². The Labute approximate surface area is 85.0 Å². The van der Waals surface area contributed by atoms with E-state index in [0.29, 0.717) is 0 Å². The van der Waals surface area contributed by atoms with E-state index in [9.17, 15) is 0 Å². The number of hydrogen-bond donors (Lipinski definition) is 0. The first-order chi connectivity index (χ1) is 6.90. The van der Waals surface area contributed by atoms with Crippen molar-refractivity contribution in [3.63, 3.8) is 0 Å². The zero-order valence-electron chi connectivity index (χ0n) is 8.56. The summed E-state index contributed by atoms with van der Waals surface area (Å²) in [5.41, 5.74) is 0. The predicted octanol–water partition coefficient (Wildman–Crippen LogP) is 1.87. The van der Waals surface area contributed by atoms with Crippen LogP contribution < -0.4 is 0 Å². The minimum atomic E-state index is -0.197. The number of rotatable bonds is 3. The Morgan fingerprint density at radius 1 is 1.50 bits per heavy atom. The maximum absolute atomic E-state index is 5.82. The van der Waals surface area contributed by atoms with Crippen molar-refractivity contribution in [3.8, 4) is 0 Å². The van der Waals surface area contributed by atoms with Gasteiger partial charge in [-0.1, -0.05) is 13.0 Å². The molecule has 1 fully saturated rings. The van der Waals surface area contributed by atoms with E-state index in [1.165, 1.54) is 6.42 Å². The molecule has 0 bridgehead atoms. The molecular formula is C11H17NO2. The normalized spacial score (nSPS) is 32.1. The summed E-state index contributed by atoms with van der Waals surface area (Å²) in [6.45, 7) is 4.36. The topological polar surface area (TPSA) is 21.7 Å². The van der Waals surface area contributed by atoms with Crippen molar-refractivity contribution in [3.05, 3.63) is 24.5 Å². The zero-order valence-corrected chi connectivity index (χ0v) is 8.56. The Kier molecular flexibility index (Phi) is 3.22. The fourth-order valence-electron chi connectivity index (χ4n) is 1.91.